The number of aryl methyl sites for hydroxylation is 1. The molecule has 31 heavy (non-hydrogen) atoms. The van der Waals surface area contributed by atoms with Gasteiger partial charge in [-0.3, -0.25) is 9.59 Å². The molecule has 2 aromatic carbocycles. The molecule has 1 amide bonds. The summed E-state index contributed by atoms with van der Waals surface area (Å²) in [6.07, 6.45) is 0. The van der Waals surface area contributed by atoms with Crippen molar-refractivity contribution in [2.45, 2.75) is 13.5 Å². The van der Waals surface area contributed by atoms with E-state index >= 15 is 0 Å². The number of carbonyl (C=O) groups excluding carboxylic acids is 1. The summed E-state index contributed by atoms with van der Waals surface area (Å²) in [5.74, 6) is 0.364. The maximum atomic E-state index is 13.1. The molecule has 0 bridgehead atoms. The number of amides is 1. The molecule has 158 valence electrons. The number of rotatable bonds is 7. The number of thiophene rings is 1. The monoisotopic (exact) mass is 439 g/mol. The third-order valence-corrected chi connectivity index (χ3v) is 5.31. The Morgan fingerprint density at radius 1 is 1.13 bits per heavy atom. The Bertz CT molecular complexity index is 1270. The number of carbonyl (C=O) groups is 1. The largest absolute Gasteiger partial charge is 0.484 e. The summed E-state index contributed by atoms with van der Waals surface area (Å²) in [5, 5.41) is 5.02. The van der Waals surface area contributed by atoms with Crippen molar-refractivity contribution in [3.8, 4) is 17.2 Å². The van der Waals surface area contributed by atoms with E-state index in [9.17, 15) is 14.0 Å². The van der Waals surface area contributed by atoms with Crippen molar-refractivity contribution in [2.24, 2.45) is 0 Å². The number of nitrogens with one attached hydrogen (secondary N) is 1. The van der Waals surface area contributed by atoms with Crippen LogP contribution in [0, 0.1) is 12.7 Å². The van der Waals surface area contributed by atoms with Crippen LogP contribution in [-0.2, 0) is 11.3 Å². The van der Waals surface area contributed by atoms with Gasteiger partial charge in [-0.1, -0.05) is 6.07 Å². The zero-order valence-corrected chi connectivity index (χ0v) is 17.3. The molecule has 0 atom stereocenters. The second kappa shape index (κ2) is 9.01. The molecule has 0 unspecified atom stereocenters. The Hall–Kier alpha value is -3.65. The SMILES string of the molecule is Cc1oc2cc(OCC(=O)NCc3cccs3)ccc2c(=O)c1Oc1ccc(F)cc1. The highest BCUT2D eigenvalue weighted by Crippen LogP contribution is 2.27. The van der Waals surface area contributed by atoms with E-state index in [4.69, 9.17) is 13.9 Å². The second-order valence-electron chi connectivity index (χ2n) is 6.68. The van der Waals surface area contributed by atoms with Gasteiger partial charge in [-0.15, -0.1) is 11.3 Å². The first-order chi connectivity index (χ1) is 15.0. The topological polar surface area (TPSA) is 77.8 Å². The van der Waals surface area contributed by atoms with Crippen molar-refractivity contribution in [3.05, 3.63) is 86.7 Å². The van der Waals surface area contributed by atoms with E-state index in [1.54, 1.807) is 36.5 Å². The van der Waals surface area contributed by atoms with Gasteiger partial charge in [0.25, 0.3) is 5.91 Å². The van der Waals surface area contributed by atoms with Gasteiger partial charge in [0.1, 0.15) is 28.7 Å². The molecule has 0 spiro atoms. The fourth-order valence-corrected chi connectivity index (χ4v) is 3.54. The van der Waals surface area contributed by atoms with Crippen LogP contribution < -0.4 is 20.2 Å². The lowest BCUT2D eigenvalue weighted by Crippen LogP contribution is -2.28. The second-order valence-corrected chi connectivity index (χ2v) is 7.71. The molecule has 0 fully saturated rings. The molecular formula is C23H18FNO5S. The van der Waals surface area contributed by atoms with Gasteiger partial charge in [0.2, 0.25) is 11.2 Å². The van der Waals surface area contributed by atoms with Crippen molar-refractivity contribution < 1.29 is 23.1 Å². The van der Waals surface area contributed by atoms with Gasteiger partial charge in [-0.2, -0.15) is 0 Å². The first-order valence-corrected chi connectivity index (χ1v) is 10.3. The van der Waals surface area contributed by atoms with Gasteiger partial charge in [0.15, 0.2) is 6.61 Å². The number of hydrogen-bond acceptors (Lipinski definition) is 6. The molecule has 0 saturated carbocycles. The molecule has 2 aromatic heterocycles. The highest BCUT2D eigenvalue weighted by Gasteiger charge is 2.15. The zero-order valence-electron chi connectivity index (χ0n) is 16.5. The molecule has 0 aliphatic heterocycles. The van der Waals surface area contributed by atoms with Crippen LogP contribution in [0.5, 0.6) is 17.2 Å². The molecule has 8 heteroatoms. The zero-order chi connectivity index (χ0) is 21.8. The Balaban J connectivity index is 1.47. The predicted octanol–water partition coefficient (Wildman–Crippen LogP) is 4.79. The molecule has 4 rings (SSSR count). The van der Waals surface area contributed by atoms with Crippen LogP contribution in [0.1, 0.15) is 10.6 Å². The molecule has 0 radical (unpaired) electrons. The molecule has 0 aliphatic carbocycles. The molecule has 0 saturated heterocycles. The quantitative estimate of drug-likeness (QED) is 0.448. The maximum Gasteiger partial charge on any atom is 0.258 e. The first-order valence-electron chi connectivity index (χ1n) is 9.42. The Labute approximate surface area is 180 Å². The number of halogens is 1. The van der Waals surface area contributed by atoms with E-state index in [2.05, 4.69) is 5.32 Å². The Kier molecular flexibility index (Phi) is 5.99. The van der Waals surface area contributed by atoms with Gasteiger partial charge in [-0.05, 0) is 54.8 Å². The van der Waals surface area contributed by atoms with Crippen LogP contribution in [0.2, 0.25) is 0 Å². The van der Waals surface area contributed by atoms with E-state index in [0.717, 1.165) is 4.88 Å². The smallest absolute Gasteiger partial charge is 0.258 e. The van der Waals surface area contributed by atoms with Crippen LogP contribution in [0.25, 0.3) is 11.0 Å². The molecular weight excluding hydrogens is 421 g/mol. The number of benzene rings is 2. The minimum Gasteiger partial charge on any atom is -0.484 e. The van der Waals surface area contributed by atoms with Crippen LogP contribution in [0.4, 0.5) is 4.39 Å². The lowest BCUT2D eigenvalue weighted by molar-refractivity contribution is -0.123. The van der Waals surface area contributed by atoms with Crippen LogP contribution in [0.3, 0.4) is 0 Å². The third-order valence-electron chi connectivity index (χ3n) is 4.43. The summed E-state index contributed by atoms with van der Waals surface area (Å²) in [6.45, 7) is 1.89. The maximum absolute atomic E-state index is 13.1. The normalized spacial score (nSPS) is 10.8. The minimum absolute atomic E-state index is 0.0285. The van der Waals surface area contributed by atoms with E-state index in [-0.39, 0.29) is 29.5 Å². The third kappa shape index (κ3) is 4.92. The van der Waals surface area contributed by atoms with Crippen molar-refractivity contribution in [3.63, 3.8) is 0 Å². The van der Waals surface area contributed by atoms with Crippen molar-refractivity contribution in [2.75, 3.05) is 6.61 Å². The summed E-state index contributed by atoms with van der Waals surface area (Å²) in [7, 11) is 0. The summed E-state index contributed by atoms with van der Waals surface area (Å²) in [5.41, 5.74) is -0.0474. The lowest BCUT2D eigenvalue weighted by atomic mass is 10.2. The van der Waals surface area contributed by atoms with Crippen LogP contribution in [-0.4, -0.2) is 12.5 Å². The van der Waals surface area contributed by atoms with Gasteiger partial charge in [0.05, 0.1) is 11.9 Å². The molecule has 0 aliphatic rings. The van der Waals surface area contributed by atoms with Crippen molar-refractivity contribution in [1.82, 2.24) is 5.32 Å². The molecule has 6 nitrogen and oxygen atoms in total. The average Bonchev–Trinajstić information content (AvgIpc) is 3.28. The van der Waals surface area contributed by atoms with Gasteiger partial charge in [-0.25, -0.2) is 4.39 Å². The van der Waals surface area contributed by atoms with E-state index < -0.39 is 5.82 Å². The highest BCUT2D eigenvalue weighted by atomic mass is 32.1. The van der Waals surface area contributed by atoms with Gasteiger partial charge >= 0.3 is 0 Å². The Morgan fingerprint density at radius 2 is 1.90 bits per heavy atom. The number of fused-ring (bicyclic) bond motifs is 1. The molecule has 4 aromatic rings. The van der Waals surface area contributed by atoms with E-state index in [1.807, 2.05) is 17.5 Å². The lowest BCUT2D eigenvalue weighted by Gasteiger charge is -2.10. The summed E-state index contributed by atoms with van der Waals surface area (Å²) < 4.78 is 30.0. The fraction of sp³-hybridized carbons (Fsp3) is 0.130. The predicted molar refractivity (Wildman–Crippen MR) is 115 cm³/mol. The Morgan fingerprint density at radius 3 is 2.65 bits per heavy atom. The summed E-state index contributed by atoms with van der Waals surface area (Å²) in [6, 6.07) is 13.9. The summed E-state index contributed by atoms with van der Waals surface area (Å²) >= 11 is 1.56. The van der Waals surface area contributed by atoms with Gasteiger partial charge in [0, 0.05) is 10.9 Å². The highest BCUT2D eigenvalue weighted by molar-refractivity contribution is 7.09. The minimum atomic E-state index is -0.401. The van der Waals surface area contributed by atoms with Crippen molar-refractivity contribution in [1.29, 1.82) is 0 Å². The standard InChI is InChI=1S/C23H18FNO5S/c1-14-23(30-16-6-4-15(24)5-7-16)22(27)19-9-8-17(11-20(19)29-14)28-13-21(26)25-12-18-3-2-10-31-18/h2-11H,12-13H2,1H3,(H,25,26). The van der Waals surface area contributed by atoms with Crippen LogP contribution in [0.15, 0.2) is 69.2 Å². The first kappa shape index (κ1) is 20.6. The van der Waals surface area contributed by atoms with Gasteiger partial charge < -0.3 is 19.2 Å². The fourth-order valence-electron chi connectivity index (χ4n) is 2.90. The van der Waals surface area contributed by atoms with Crippen molar-refractivity contribution >= 4 is 28.2 Å². The van der Waals surface area contributed by atoms with E-state index in [0.29, 0.717) is 29.0 Å². The van der Waals surface area contributed by atoms with Crippen LogP contribution >= 0.6 is 11.3 Å². The molecule has 2 heterocycles. The summed E-state index contributed by atoms with van der Waals surface area (Å²) in [4.78, 5) is 25.9. The number of ether oxygens (including phenoxy) is 2. The number of hydrogen-bond donors (Lipinski definition) is 1. The average molecular weight is 439 g/mol. The molecule has 1 N–H and O–H groups in total. The van der Waals surface area contributed by atoms with E-state index in [1.165, 1.54) is 24.3 Å².